The van der Waals surface area contributed by atoms with Gasteiger partial charge in [-0.2, -0.15) is 4.31 Å². The van der Waals surface area contributed by atoms with E-state index in [1.807, 2.05) is 0 Å². The van der Waals surface area contributed by atoms with Crippen LogP contribution in [0.3, 0.4) is 0 Å². The van der Waals surface area contributed by atoms with Crippen molar-refractivity contribution in [3.63, 3.8) is 0 Å². The Morgan fingerprint density at radius 3 is 2.17 bits per heavy atom. The highest BCUT2D eigenvalue weighted by molar-refractivity contribution is 7.89. The maximum absolute atomic E-state index is 12.7. The van der Waals surface area contributed by atoms with Crippen LogP contribution in [-0.2, 0) is 26.5 Å². The van der Waals surface area contributed by atoms with Gasteiger partial charge in [0.1, 0.15) is 5.75 Å². The Morgan fingerprint density at radius 1 is 0.933 bits per heavy atom. The van der Waals surface area contributed by atoms with Gasteiger partial charge in [-0.15, -0.1) is 0 Å². The van der Waals surface area contributed by atoms with E-state index in [2.05, 4.69) is 4.72 Å². The highest BCUT2D eigenvalue weighted by Crippen LogP contribution is 2.22. The van der Waals surface area contributed by atoms with Gasteiger partial charge in [0, 0.05) is 19.6 Å². The average Bonchev–Trinajstić information content (AvgIpc) is 2.74. The molecule has 2 aromatic carbocycles. The SMILES string of the molecule is COc1ccc(S(=O)(=O)NCCc2ccc(S(=O)(=O)N3CCCCC3)cc2)cc1C. The molecule has 7 nitrogen and oxygen atoms in total. The maximum atomic E-state index is 12.7. The second kappa shape index (κ2) is 9.47. The van der Waals surface area contributed by atoms with Crippen LogP contribution in [0.2, 0.25) is 0 Å². The van der Waals surface area contributed by atoms with Gasteiger partial charge < -0.3 is 4.74 Å². The third-order valence-electron chi connectivity index (χ3n) is 5.26. The number of piperidine rings is 1. The molecule has 1 fully saturated rings. The van der Waals surface area contributed by atoms with Crippen LogP contribution in [0, 0.1) is 6.92 Å². The molecule has 0 amide bonds. The Hall–Kier alpha value is -1.94. The lowest BCUT2D eigenvalue weighted by molar-refractivity contribution is 0.346. The van der Waals surface area contributed by atoms with Crippen molar-refractivity contribution >= 4 is 20.0 Å². The van der Waals surface area contributed by atoms with Crippen molar-refractivity contribution < 1.29 is 21.6 Å². The lowest BCUT2D eigenvalue weighted by Crippen LogP contribution is -2.35. The van der Waals surface area contributed by atoms with Crippen LogP contribution >= 0.6 is 0 Å². The van der Waals surface area contributed by atoms with Crippen molar-refractivity contribution in [2.24, 2.45) is 0 Å². The molecule has 2 aromatic rings. The molecule has 1 aliphatic rings. The molecular weight excluding hydrogens is 424 g/mol. The number of nitrogens with one attached hydrogen (secondary N) is 1. The van der Waals surface area contributed by atoms with Gasteiger partial charge in [0.25, 0.3) is 0 Å². The second-order valence-electron chi connectivity index (χ2n) is 7.39. The minimum Gasteiger partial charge on any atom is -0.496 e. The van der Waals surface area contributed by atoms with Crippen LogP contribution in [0.15, 0.2) is 52.3 Å². The van der Waals surface area contributed by atoms with Crippen LogP contribution in [0.25, 0.3) is 0 Å². The van der Waals surface area contributed by atoms with Gasteiger partial charge in [0.05, 0.1) is 16.9 Å². The quantitative estimate of drug-likeness (QED) is 0.665. The monoisotopic (exact) mass is 452 g/mol. The molecule has 1 heterocycles. The minimum atomic E-state index is -3.63. The number of nitrogens with zero attached hydrogens (tertiary/aromatic N) is 1. The van der Waals surface area contributed by atoms with E-state index in [4.69, 9.17) is 4.74 Å². The molecule has 0 spiro atoms. The molecule has 164 valence electrons. The number of aryl methyl sites for hydroxylation is 1. The predicted octanol–water partition coefficient (Wildman–Crippen LogP) is 2.70. The summed E-state index contributed by atoms with van der Waals surface area (Å²) in [6.45, 7) is 3.14. The lowest BCUT2D eigenvalue weighted by atomic mass is 10.2. The van der Waals surface area contributed by atoms with E-state index in [-0.39, 0.29) is 16.3 Å². The van der Waals surface area contributed by atoms with E-state index in [0.717, 1.165) is 30.4 Å². The zero-order valence-corrected chi connectivity index (χ0v) is 18.9. The molecular formula is C21H28N2O5S2. The van der Waals surface area contributed by atoms with Crippen LogP contribution in [0.5, 0.6) is 5.75 Å². The first-order chi connectivity index (χ1) is 14.2. The molecule has 0 saturated carbocycles. The van der Waals surface area contributed by atoms with Crippen molar-refractivity contribution in [1.29, 1.82) is 0 Å². The summed E-state index contributed by atoms with van der Waals surface area (Å²) in [6, 6.07) is 11.4. The number of sulfonamides is 2. The largest absolute Gasteiger partial charge is 0.496 e. The molecule has 0 radical (unpaired) electrons. The third-order valence-corrected chi connectivity index (χ3v) is 8.63. The Morgan fingerprint density at radius 2 is 1.57 bits per heavy atom. The first-order valence-corrected chi connectivity index (χ1v) is 12.9. The fourth-order valence-corrected chi connectivity index (χ4v) is 6.15. The zero-order valence-electron chi connectivity index (χ0n) is 17.3. The Kier molecular flexibility index (Phi) is 7.18. The summed E-state index contributed by atoms with van der Waals surface area (Å²) in [5.41, 5.74) is 1.60. The van der Waals surface area contributed by atoms with Gasteiger partial charge >= 0.3 is 0 Å². The fourth-order valence-electron chi connectivity index (χ4n) is 3.51. The van der Waals surface area contributed by atoms with Crippen LogP contribution in [-0.4, -0.2) is 47.9 Å². The Bertz CT molecular complexity index is 1070. The molecule has 0 bridgehead atoms. The topological polar surface area (TPSA) is 92.8 Å². The number of benzene rings is 2. The van der Waals surface area contributed by atoms with Crippen molar-refractivity contribution in [3.05, 3.63) is 53.6 Å². The lowest BCUT2D eigenvalue weighted by Gasteiger charge is -2.25. The number of rotatable bonds is 8. The standard InChI is InChI=1S/C21H28N2O5S2/c1-17-16-20(10-11-21(17)28-2)29(24,25)22-13-12-18-6-8-19(9-7-18)30(26,27)23-14-4-3-5-15-23/h6-11,16,22H,3-5,12-15H2,1-2H3. The normalized spacial score (nSPS) is 15.8. The molecule has 30 heavy (non-hydrogen) atoms. The summed E-state index contributed by atoms with van der Waals surface area (Å²) in [4.78, 5) is 0.464. The van der Waals surface area contributed by atoms with Gasteiger partial charge in [0.15, 0.2) is 0 Å². The molecule has 1 saturated heterocycles. The number of methoxy groups -OCH3 is 1. The van der Waals surface area contributed by atoms with Crippen molar-refractivity contribution in [1.82, 2.24) is 9.03 Å². The molecule has 0 aliphatic carbocycles. The molecule has 9 heteroatoms. The van der Waals surface area contributed by atoms with E-state index >= 15 is 0 Å². The van der Waals surface area contributed by atoms with Crippen molar-refractivity contribution in [2.45, 2.75) is 42.4 Å². The van der Waals surface area contributed by atoms with Gasteiger partial charge in [-0.05, 0) is 67.6 Å². The van der Waals surface area contributed by atoms with Crippen molar-refractivity contribution in [2.75, 3.05) is 26.7 Å². The summed E-state index contributed by atoms with van der Waals surface area (Å²) < 4.78 is 59.7. The first kappa shape index (κ1) is 22.7. The van der Waals surface area contributed by atoms with E-state index in [1.54, 1.807) is 43.3 Å². The highest BCUT2D eigenvalue weighted by atomic mass is 32.2. The zero-order chi connectivity index (χ0) is 21.8. The maximum Gasteiger partial charge on any atom is 0.243 e. The van der Waals surface area contributed by atoms with E-state index < -0.39 is 20.0 Å². The fraction of sp³-hybridized carbons (Fsp3) is 0.429. The number of hydrogen-bond acceptors (Lipinski definition) is 5. The average molecular weight is 453 g/mol. The number of hydrogen-bond donors (Lipinski definition) is 1. The van der Waals surface area contributed by atoms with Gasteiger partial charge in [-0.3, -0.25) is 0 Å². The van der Waals surface area contributed by atoms with Crippen LogP contribution in [0.4, 0.5) is 0 Å². The minimum absolute atomic E-state index is 0.184. The molecule has 1 N–H and O–H groups in total. The van der Waals surface area contributed by atoms with E-state index in [1.165, 1.54) is 17.5 Å². The summed E-state index contributed by atoms with van der Waals surface area (Å²) in [5, 5.41) is 0. The summed E-state index contributed by atoms with van der Waals surface area (Å²) in [5.74, 6) is 0.633. The first-order valence-electron chi connectivity index (χ1n) is 9.97. The van der Waals surface area contributed by atoms with Crippen LogP contribution < -0.4 is 9.46 Å². The highest BCUT2D eigenvalue weighted by Gasteiger charge is 2.25. The third kappa shape index (κ3) is 5.21. The Balaban J connectivity index is 1.60. The molecule has 0 aromatic heterocycles. The molecule has 0 unspecified atom stereocenters. The summed E-state index contributed by atoms with van der Waals surface area (Å²) in [7, 11) is -5.55. The van der Waals surface area contributed by atoms with E-state index in [0.29, 0.717) is 25.3 Å². The van der Waals surface area contributed by atoms with Crippen molar-refractivity contribution in [3.8, 4) is 5.75 Å². The summed E-state index contributed by atoms with van der Waals surface area (Å²) in [6.07, 6.45) is 3.31. The Labute approximate surface area is 179 Å². The van der Waals surface area contributed by atoms with Gasteiger partial charge in [-0.1, -0.05) is 18.6 Å². The number of ether oxygens (including phenoxy) is 1. The smallest absolute Gasteiger partial charge is 0.243 e. The van der Waals surface area contributed by atoms with Gasteiger partial charge in [-0.25, -0.2) is 21.6 Å². The summed E-state index contributed by atoms with van der Waals surface area (Å²) >= 11 is 0. The predicted molar refractivity (Wildman–Crippen MR) is 116 cm³/mol. The molecule has 3 rings (SSSR count). The van der Waals surface area contributed by atoms with E-state index in [9.17, 15) is 16.8 Å². The van der Waals surface area contributed by atoms with Gasteiger partial charge in [0.2, 0.25) is 20.0 Å². The van der Waals surface area contributed by atoms with Crippen LogP contribution in [0.1, 0.15) is 30.4 Å². The molecule has 1 aliphatic heterocycles. The second-order valence-corrected chi connectivity index (χ2v) is 11.1. The molecule has 0 atom stereocenters.